The molecule has 1 heterocycles. The Kier molecular flexibility index (Phi) is 2.79. The predicted octanol–water partition coefficient (Wildman–Crippen LogP) is 1.09. The monoisotopic (exact) mass is 238 g/mol. The minimum absolute atomic E-state index is 0.115. The molecule has 4 nitrogen and oxygen atoms in total. The second kappa shape index (κ2) is 4.00. The molecule has 0 spiro atoms. The van der Waals surface area contributed by atoms with Crippen LogP contribution in [-0.2, 0) is 0 Å². The van der Waals surface area contributed by atoms with E-state index in [1.54, 1.807) is 4.90 Å². The molecule has 1 aliphatic rings. The number of aromatic hydroxyl groups is 1. The molecule has 92 valence electrons. The van der Waals surface area contributed by atoms with Crippen LogP contribution in [0, 0.1) is 5.82 Å². The van der Waals surface area contributed by atoms with Crippen LogP contribution in [0.2, 0.25) is 0 Å². The van der Waals surface area contributed by atoms with Crippen molar-refractivity contribution in [2.24, 2.45) is 5.73 Å². The molecule has 0 aliphatic carbocycles. The number of likely N-dealkylation sites (tertiary alicyclic amines) is 1. The summed E-state index contributed by atoms with van der Waals surface area (Å²) >= 11 is 0. The number of carbonyl (C=O) groups excluding carboxylic acids is 1. The lowest BCUT2D eigenvalue weighted by Gasteiger charge is -2.47. The molecule has 1 aliphatic heterocycles. The molecule has 0 atom stereocenters. The number of halogens is 1. The number of amides is 1. The number of nitrogens with zero attached hydrogens (tertiary/aromatic N) is 1. The van der Waals surface area contributed by atoms with Crippen molar-refractivity contribution in [3.63, 3.8) is 0 Å². The van der Waals surface area contributed by atoms with E-state index in [1.807, 2.05) is 6.92 Å². The highest BCUT2D eigenvalue weighted by Crippen LogP contribution is 2.26. The molecule has 1 amide bonds. The standard InChI is InChI=1S/C12H15FN2O2/c1-2-12(14)6-15(7-12)11(17)9-4-3-8(13)5-10(9)16/h3-5,16H,2,6-7,14H2,1H3. The van der Waals surface area contributed by atoms with E-state index in [2.05, 4.69) is 0 Å². The molecular formula is C12H15FN2O2. The second-order valence-electron chi connectivity index (χ2n) is 4.54. The molecule has 17 heavy (non-hydrogen) atoms. The number of hydrogen-bond donors (Lipinski definition) is 2. The predicted molar refractivity (Wildman–Crippen MR) is 61.2 cm³/mol. The third kappa shape index (κ3) is 2.10. The van der Waals surface area contributed by atoms with Crippen molar-refractivity contribution in [3.8, 4) is 5.75 Å². The van der Waals surface area contributed by atoms with Crippen LogP contribution in [0.25, 0.3) is 0 Å². The molecule has 2 rings (SSSR count). The number of rotatable bonds is 2. The molecule has 0 bridgehead atoms. The van der Waals surface area contributed by atoms with E-state index in [4.69, 9.17) is 5.73 Å². The van der Waals surface area contributed by atoms with Gasteiger partial charge in [-0.25, -0.2) is 4.39 Å². The fourth-order valence-corrected chi connectivity index (χ4v) is 1.94. The maximum absolute atomic E-state index is 12.8. The summed E-state index contributed by atoms with van der Waals surface area (Å²) < 4.78 is 12.8. The average molecular weight is 238 g/mol. The van der Waals surface area contributed by atoms with Crippen molar-refractivity contribution >= 4 is 5.91 Å². The molecular weight excluding hydrogens is 223 g/mol. The topological polar surface area (TPSA) is 66.6 Å². The first-order valence-corrected chi connectivity index (χ1v) is 5.52. The zero-order valence-electron chi connectivity index (χ0n) is 9.61. The Morgan fingerprint density at radius 1 is 1.59 bits per heavy atom. The Labute approximate surface area is 98.8 Å². The van der Waals surface area contributed by atoms with E-state index in [9.17, 15) is 14.3 Å². The summed E-state index contributed by atoms with van der Waals surface area (Å²) in [5.41, 5.74) is 5.76. The number of hydrogen-bond acceptors (Lipinski definition) is 3. The van der Waals surface area contributed by atoms with E-state index < -0.39 is 5.82 Å². The quantitative estimate of drug-likeness (QED) is 0.810. The summed E-state index contributed by atoms with van der Waals surface area (Å²) in [7, 11) is 0. The summed E-state index contributed by atoms with van der Waals surface area (Å²) in [5, 5.41) is 9.50. The first-order valence-electron chi connectivity index (χ1n) is 5.52. The molecule has 0 saturated carbocycles. The van der Waals surface area contributed by atoms with Crippen molar-refractivity contribution in [3.05, 3.63) is 29.6 Å². The van der Waals surface area contributed by atoms with Crippen LogP contribution in [-0.4, -0.2) is 34.5 Å². The number of benzene rings is 1. The van der Waals surface area contributed by atoms with E-state index in [0.717, 1.165) is 18.6 Å². The van der Waals surface area contributed by atoms with E-state index in [-0.39, 0.29) is 22.8 Å². The van der Waals surface area contributed by atoms with Crippen LogP contribution in [0.1, 0.15) is 23.7 Å². The van der Waals surface area contributed by atoms with Gasteiger partial charge in [0.05, 0.1) is 11.1 Å². The third-order valence-electron chi connectivity index (χ3n) is 3.19. The Bertz CT molecular complexity index is 456. The lowest BCUT2D eigenvalue weighted by molar-refractivity contribution is 0.0398. The number of carbonyl (C=O) groups is 1. The highest BCUT2D eigenvalue weighted by molar-refractivity contribution is 5.97. The number of nitrogens with two attached hydrogens (primary N) is 1. The minimum Gasteiger partial charge on any atom is -0.507 e. The third-order valence-corrected chi connectivity index (χ3v) is 3.19. The molecule has 0 unspecified atom stereocenters. The molecule has 5 heteroatoms. The molecule has 0 radical (unpaired) electrons. The molecule has 1 fully saturated rings. The maximum atomic E-state index is 12.8. The summed E-state index contributed by atoms with van der Waals surface area (Å²) in [6, 6.07) is 3.38. The van der Waals surface area contributed by atoms with E-state index >= 15 is 0 Å². The Balaban J connectivity index is 2.12. The van der Waals surface area contributed by atoms with Crippen LogP contribution >= 0.6 is 0 Å². The van der Waals surface area contributed by atoms with Gasteiger partial charge >= 0.3 is 0 Å². The van der Waals surface area contributed by atoms with Gasteiger partial charge < -0.3 is 15.7 Å². The lowest BCUT2D eigenvalue weighted by atomic mass is 9.87. The molecule has 1 aromatic carbocycles. The van der Waals surface area contributed by atoms with Crippen LogP contribution in [0.5, 0.6) is 5.75 Å². The van der Waals surface area contributed by atoms with Gasteiger partial charge in [0, 0.05) is 19.2 Å². The Hall–Kier alpha value is -1.62. The summed E-state index contributed by atoms with van der Waals surface area (Å²) in [6.45, 7) is 2.91. The molecule has 1 aromatic rings. The van der Waals surface area contributed by atoms with Crippen LogP contribution in [0.3, 0.4) is 0 Å². The molecule has 1 saturated heterocycles. The summed E-state index contributed by atoms with van der Waals surface area (Å²) in [6.07, 6.45) is 0.798. The highest BCUT2D eigenvalue weighted by atomic mass is 19.1. The van der Waals surface area contributed by atoms with Crippen LogP contribution < -0.4 is 5.73 Å². The highest BCUT2D eigenvalue weighted by Gasteiger charge is 2.41. The van der Waals surface area contributed by atoms with Gasteiger partial charge in [-0.05, 0) is 18.6 Å². The van der Waals surface area contributed by atoms with Gasteiger partial charge in [-0.15, -0.1) is 0 Å². The smallest absolute Gasteiger partial charge is 0.257 e. The summed E-state index contributed by atoms with van der Waals surface area (Å²) in [4.78, 5) is 13.5. The van der Waals surface area contributed by atoms with Gasteiger partial charge in [0.1, 0.15) is 11.6 Å². The van der Waals surface area contributed by atoms with Crippen LogP contribution in [0.4, 0.5) is 4.39 Å². The van der Waals surface area contributed by atoms with Gasteiger partial charge in [-0.2, -0.15) is 0 Å². The van der Waals surface area contributed by atoms with E-state index in [0.29, 0.717) is 13.1 Å². The fourth-order valence-electron chi connectivity index (χ4n) is 1.94. The van der Waals surface area contributed by atoms with E-state index in [1.165, 1.54) is 6.07 Å². The largest absolute Gasteiger partial charge is 0.507 e. The van der Waals surface area contributed by atoms with Gasteiger partial charge in [-0.3, -0.25) is 4.79 Å². The SMILES string of the molecule is CCC1(N)CN(C(=O)c2ccc(F)cc2O)C1. The number of phenols is 1. The van der Waals surface area contributed by atoms with Gasteiger partial charge in [0.25, 0.3) is 5.91 Å². The lowest BCUT2D eigenvalue weighted by Crippen LogP contribution is -2.68. The van der Waals surface area contributed by atoms with Gasteiger partial charge in [0.15, 0.2) is 0 Å². The normalized spacial score (nSPS) is 17.7. The Morgan fingerprint density at radius 2 is 2.24 bits per heavy atom. The van der Waals surface area contributed by atoms with Gasteiger partial charge in [-0.1, -0.05) is 6.92 Å². The van der Waals surface area contributed by atoms with Crippen molar-refractivity contribution in [1.29, 1.82) is 0 Å². The zero-order chi connectivity index (χ0) is 12.6. The van der Waals surface area contributed by atoms with Crippen molar-refractivity contribution < 1.29 is 14.3 Å². The molecule has 3 N–H and O–H groups in total. The average Bonchev–Trinajstić information content (AvgIpc) is 2.24. The zero-order valence-corrected chi connectivity index (χ0v) is 9.61. The first kappa shape index (κ1) is 11.9. The van der Waals surface area contributed by atoms with Crippen molar-refractivity contribution in [2.45, 2.75) is 18.9 Å². The van der Waals surface area contributed by atoms with Crippen molar-refractivity contribution in [2.75, 3.05) is 13.1 Å². The Morgan fingerprint density at radius 3 is 2.76 bits per heavy atom. The first-order chi connectivity index (χ1) is 7.95. The minimum atomic E-state index is -0.565. The van der Waals surface area contributed by atoms with Gasteiger partial charge in [0.2, 0.25) is 0 Å². The number of phenolic OH excluding ortho intramolecular Hbond substituents is 1. The maximum Gasteiger partial charge on any atom is 0.257 e. The second-order valence-corrected chi connectivity index (χ2v) is 4.54. The molecule has 0 aromatic heterocycles. The summed E-state index contributed by atoms with van der Waals surface area (Å²) in [5.74, 6) is -1.21. The van der Waals surface area contributed by atoms with Crippen LogP contribution in [0.15, 0.2) is 18.2 Å². The fraction of sp³-hybridized carbons (Fsp3) is 0.417. The van der Waals surface area contributed by atoms with Crippen molar-refractivity contribution in [1.82, 2.24) is 4.90 Å².